The second kappa shape index (κ2) is 12.8. The van der Waals surface area contributed by atoms with Crippen molar-refractivity contribution in [2.24, 2.45) is 4.99 Å². The van der Waals surface area contributed by atoms with Crippen LogP contribution >= 0.6 is 51.7 Å². The Kier molecular flexibility index (Phi) is 12.6. The van der Waals surface area contributed by atoms with E-state index in [1.165, 1.54) is 0 Å². The van der Waals surface area contributed by atoms with Gasteiger partial charge in [0, 0.05) is 30.4 Å². The lowest BCUT2D eigenvalue weighted by Gasteiger charge is -2.16. The van der Waals surface area contributed by atoms with Crippen molar-refractivity contribution >= 4 is 63.5 Å². The zero-order chi connectivity index (χ0) is 17.2. The van der Waals surface area contributed by atoms with Gasteiger partial charge in [0.1, 0.15) is 0 Å². The Balaban J connectivity index is 0.00000529. The Bertz CT molecular complexity index is 525. The van der Waals surface area contributed by atoms with Gasteiger partial charge in [-0.3, -0.25) is 4.79 Å². The summed E-state index contributed by atoms with van der Waals surface area (Å²) < 4.78 is 1.05. The summed E-state index contributed by atoms with van der Waals surface area (Å²) in [6.07, 6.45) is 2.08. The van der Waals surface area contributed by atoms with Gasteiger partial charge in [-0.15, -0.1) is 24.0 Å². The second-order valence-corrected chi connectivity index (χ2v) is 7.55. The fourth-order valence-corrected chi connectivity index (χ4v) is 2.09. The van der Waals surface area contributed by atoms with Crippen molar-refractivity contribution < 1.29 is 4.79 Å². The largest absolute Gasteiger partial charge is 0.355 e. The zero-order valence-corrected chi connectivity index (χ0v) is 19.2. The van der Waals surface area contributed by atoms with Crippen LogP contribution in [0.5, 0.6) is 0 Å². The first-order valence-corrected chi connectivity index (χ1v) is 9.50. The van der Waals surface area contributed by atoms with E-state index >= 15 is 0 Å². The van der Waals surface area contributed by atoms with E-state index in [0.29, 0.717) is 17.8 Å². The molecule has 0 saturated heterocycles. The van der Waals surface area contributed by atoms with Gasteiger partial charge in [0.25, 0.3) is 0 Å². The molecule has 0 radical (unpaired) electrons. The van der Waals surface area contributed by atoms with Crippen LogP contribution in [-0.4, -0.2) is 55.5 Å². The van der Waals surface area contributed by atoms with Crippen LogP contribution in [0.15, 0.2) is 33.7 Å². The van der Waals surface area contributed by atoms with Crippen LogP contribution in [0.4, 0.5) is 0 Å². The summed E-state index contributed by atoms with van der Waals surface area (Å²) in [4.78, 5) is 17.8. The third-order valence-electron chi connectivity index (χ3n) is 3.20. The highest BCUT2D eigenvalue weighted by Crippen LogP contribution is 2.11. The Labute approximate surface area is 174 Å². The lowest BCUT2D eigenvalue weighted by Crippen LogP contribution is -2.44. The number of thioether (sulfide) groups is 1. The van der Waals surface area contributed by atoms with Crippen molar-refractivity contribution in [2.75, 3.05) is 33.4 Å². The second-order valence-electron chi connectivity index (χ2n) is 5.36. The van der Waals surface area contributed by atoms with E-state index in [4.69, 9.17) is 0 Å². The summed E-state index contributed by atoms with van der Waals surface area (Å²) in [5.41, 5.74) is 1.12. The third-order valence-corrected chi connectivity index (χ3v) is 4.70. The summed E-state index contributed by atoms with van der Waals surface area (Å²) >= 11 is 5.21. The molecule has 0 heterocycles. The van der Waals surface area contributed by atoms with Crippen molar-refractivity contribution in [1.29, 1.82) is 0 Å². The highest BCUT2D eigenvalue weighted by atomic mass is 127. The first-order valence-electron chi connectivity index (χ1n) is 7.42. The molecular weight excluding hydrogens is 503 g/mol. The monoisotopic (exact) mass is 528 g/mol. The van der Waals surface area contributed by atoms with E-state index in [9.17, 15) is 4.79 Å². The molecule has 8 heteroatoms. The minimum Gasteiger partial charge on any atom is -0.355 e. The lowest BCUT2D eigenvalue weighted by molar-refractivity contribution is -0.127. The first-order chi connectivity index (χ1) is 10.9. The maximum absolute atomic E-state index is 11.7. The number of carbonyl (C=O) groups excluding carboxylic acids is 1. The number of halogens is 2. The summed E-state index contributed by atoms with van der Waals surface area (Å²) in [7, 11) is 3.48. The molecule has 24 heavy (non-hydrogen) atoms. The first kappa shape index (κ1) is 23.5. The molecule has 0 spiro atoms. The number of nitrogens with one attached hydrogen (secondary N) is 2. The molecule has 0 aliphatic carbocycles. The van der Waals surface area contributed by atoms with Crippen molar-refractivity contribution in [1.82, 2.24) is 15.5 Å². The average Bonchev–Trinajstić information content (AvgIpc) is 2.54. The van der Waals surface area contributed by atoms with Crippen molar-refractivity contribution in [2.45, 2.75) is 18.7 Å². The van der Waals surface area contributed by atoms with Gasteiger partial charge in [0.05, 0.1) is 13.1 Å². The van der Waals surface area contributed by atoms with Crippen molar-refractivity contribution in [3.05, 3.63) is 34.3 Å². The predicted octanol–water partition coefficient (Wildman–Crippen LogP) is 2.94. The van der Waals surface area contributed by atoms with E-state index in [1.54, 1.807) is 30.8 Å². The fourth-order valence-electron chi connectivity index (χ4n) is 1.58. The van der Waals surface area contributed by atoms with Crippen LogP contribution in [0.2, 0.25) is 0 Å². The molecule has 1 aromatic carbocycles. The molecular formula is C16H26BrIN4OS. The maximum atomic E-state index is 11.7. The summed E-state index contributed by atoms with van der Waals surface area (Å²) in [5, 5.41) is 6.85. The van der Waals surface area contributed by atoms with Crippen LogP contribution in [0.25, 0.3) is 0 Å². The molecule has 1 aromatic rings. The van der Waals surface area contributed by atoms with Gasteiger partial charge >= 0.3 is 0 Å². The number of nitrogens with zero attached hydrogens (tertiary/aromatic N) is 2. The SMILES string of the molecule is CSC(C)CNC(=NCc1ccc(Br)cc1)NCC(=O)N(C)C.I. The van der Waals surface area contributed by atoms with Gasteiger partial charge in [-0.2, -0.15) is 11.8 Å². The molecule has 0 fully saturated rings. The van der Waals surface area contributed by atoms with Crippen molar-refractivity contribution in [3.63, 3.8) is 0 Å². The number of guanidine groups is 1. The molecule has 0 aliphatic rings. The minimum atomic E-state index is 0. The number of carbonyl (C=O) groups is 1. The predicted molar refractivity (Wildman–Crippen MR) is 118 cm³/mol. The molecule has 0 aromatic heterocycles. The quantitative estimate of drug-likeness (QED) is 0.324. The summed E-state index contributed by atoms with van der Waals surface area (Å²) in [5.74, 6) is 0.671. The van der Waals surface area contributed by atoms with E-state index in [0.717, 1.165) is 16.6 Å². The number of likely N-dealkylation sites (N-methyl/N-ethyl adjacent to an activating group) is 1. The van der Waals surface area contributed by atoms with Gasteiger partial charge in [0.2, 0.25) is 5.91 Å². The Hall–Kier alpha value is -0.480. The lowest BCUT2D eigenvalue weighted by atomic mass is 10.2. The zero-order valence-electron chi connectivity index (χ0n) is 14.5. The van der Waals surface area contributed by atoms with Gasteiger partial charge in [-0.05, 0) is 24.0 Å². The van der Waals surface area contributed by atoms with Crippen LogP contribution in [0.3, 0.4) is 0 Å². The number of aliphatic imine (C=N–C) groups is 1. The average molecular weight is 529 g/mol. The number of amides is 1. The van der Waals surface area contributed by atoms with Crippen molar-refractivity contribution in [3.8, 4) is 0 Å². The highest BCUT2D eigenvalue weighted by Gasteiger charge is 2.07. The normalized spacial score (nSPS) is 12.1. The molecule has 0 aliphatic heterocycles. The van der Waals surface area contributed by atoms with Crippen LogP contribution in [0.1, 0.15) is 12.5 Å². The molecule has 1 rings (SSSR count). The molecule has 0 bridgehead atoms. The molecule has 1 unspecified atom stereocenters. The van der Waals surface area contributed by atoms with Gasteiger partial charge in [-0.25, -0.2) is 4.99 Å². The molecule has 136 valence electrons. The molecule has 0 saturated carbocycles. The molecule has 5 nitrogen and oxygen atoms in total. The fraction of sp³-hybridized carbons (Fsp3) is 0.500. The van der Waals surface area contributed by atoms with Crippen LogP contribution in [0, 0.1) is 0 Å². The number of benzene rings is 1. The van der Waals surface area contributed by atoms with E-state index in [-0.39, 0.29) is 36.4 Å². The Morgan fingerprint density at radius 1 is 1.29 bits per heavy atom. The summed E-state index contributed by atoms with van der Waals surface area (Å²) in [6.45, 7) is 3.73. The van der Waals surface area contributed by atoms with E-state index in [1.807, 2.05) is 24.3 Å². The Morgan fingerprint density at radius 3 is 2.46 bits per heavy atom. The van der Waals surface area contributed by atoms with Gasteiger partial charge in [0.15, 0.2) is 5.96 Å². The molecule has 1 amide bonds. The number of rotatable bonds is 7. The highest BCUT2D eigenvalue weighted by molar-refractivity contribution is 14.0. The van der Waals surface area contributed by atoms with E-state index < -0.39 is 0 Å². The smallest absolute Gasteiger partial charge is 0.241 e. The topological polar surface area (TPSA) is 56.7 Å². The number of hydrogen-bond acceptors (Lipinski definition) is 3. The summed E-state index contributed by atoms with van der Waals surface area (Å²) in [6, 6.07) is 8.05. The van der Waals surface area contributed by atoms with Crippen LogP contribution < -0.4 is 10.6 Å². The maximum Gasteiger partial charge on any atom is 0.241 e. The van der Waals surface area contributed by atoms with Crippen LogP contribution in [-0.2, 0) is 11.3 Å². The third kappa shape index (κ3) is 9.73. The number of hydrogen-bond donors (Lipinski definition) is 2. The minimum absolute atomic E-state index is 0. The standard InChI is InChI=1S/C16H25BrN4OS.HI/c1-12(23-4)9-18-16(20-11-15(22)21(2)3)19-10-13-5-7-14(17)8-6-13;/h5-8,12H,9-11H2,1-4H3,(H2,18,19,20);1H. The Morgan fingerprint density at radius 2 is 1.92 bits per heavy atom. The van der Waals surface area contributed by atoms with E-state index in [2.05, 4.69) is 44.7 Å². The molecule has 1 atom stereocenters. The molecule has 2 N–H and O–H groups in total. The van der Waals surface area contributed by atoms with Gasteiger partial charge in [-0.1, -0.05) is 35.0 Å². The van der Waals surface area contributed by atoms with Gasteiger partial charge < -0.3 is 15.5 Å².